The van der Waals surface area contributed by atoms with Crippen LogP contribution in [-0.4, -0.2) is 11.4 Å². The van der Waals surface area contributed by atoms with Gasteiger partial charge < -0.3 is 5.21 Å². The van der Waals surface area contributed by atoms with Gasteiger partial charge in [-0.05, 0) is 34.9 Å². The van der Waals surface area contributed by atoms with Gasteiger partial charge in [-0.25, -0.2) is 4.39 Å². The minimum Gasteiger partial charge on any atom is -0.411 e. The molecule has 0 saturated heterocycles. The van der Waals surface area contributed by atoms with Crippen molar-refractivity contribution in [3.63, 3.8) is 0 Å². The highest BCUT2D eigenvalue weighted by Crippen LogP contribution is 2.34. The Kier molecular flexibility index (Phi) is 3.24. The normalized spacial score (nSPS) is 14.9. The van der Waals surface area contributed by atoms with Crippen molar-refractivity contribution in [3.05, 3.63) is 46.7 Å². The quantitative estimate of drug-likeness (QED) is 0.496. The van der Waals surface area contributed by atoms with E-state index in [0.29, 0.717) is 5.56 Å². The van der Waals surface area contributed by atoms with E-state index in [1.165, 1.54) is 6.92 Å². The van der Waals surface area contributed by atoms with Gasteiger partial charge in [-0.2, -0.15) is 11.3 Å². The van der Waals surface area contributed by atoms with E-state index in [-0.39, 0.29) is 0 Å². The molecule has 0 saturated carbocycles. The van der Waals surface area contributed by atoms with E-state index in [0.717, 1.165) is 17.3 Å². The van der Waals surface area contributed by atoms with Crippen LogP contribution in [0.25, 0.3) is 11.1 Å². The second-order valence-electron chi connectivity index (χ2n) is 3.88. The van der Waals surface area contributed by atoms with Crippen molar-refractivity contribution >= 4 is 17.6 Å². The van der Waals surface area contributed by atoms with Gasteiger partial charge in [-0.15, -0.1) is 0 Å². The third-order valence-electron chi connectivity index (χ3n) is 2.59. The highest BCUT2D eigenvalue weighted by Gasteiger charge is 2.27. The fourth-order valence-corrected chi connectivity index (χ4v) is 2.41. The van der Waals surface area contributed by atoms with Crippen LogP contribution in [0, 0.1) is 0 Å². The smallest absolute Gasteiger partial charge is 0.172 e. The van der Waals surface area contributed by atoms with Gasteiger partial charge in [0.1, 0.15) is 0 Å². The van der Waals surface area contributed by atoms with Crippen molar-refractivity contribution in [2.24, 2.45) is 5.16 Å². The third-order valence-corrected chi connectivity index (χ3v) is 3.27. The van der Waals surface area contributed by atoms with Crippen molar-refractivity contribution in [1.29, 1.82) is 0 Å². The molecule has 17 heavy (non-hydrogen) atoms. The Morgan fingerprint density at radius 2 is 2.12 bits per heavy atom. The van der Waals surface area contributed by atoms with Crippen LogP contribution < -0.4 is 0 Å². The molecule has 0 aliphatic heterocycles. The Balaban J connectivity index is 2.56. The topological polar surface area (TPSA) is 32.6 Å². The number of oxime groups is 1. The molecule has 1 unspecified atom stereocenters. The third kappa shape index (κ3) is 2.36. The average molecular weight is 249 g/mol. The molecule has 0 amide bonds. The minimum absolute atomic E-state index is 0.496. The maximum atomic E-state index is 14.4. The van der Waals surface area contributed by atoms with E-state index in [2.05, 4.69) is 5.16 Å². The van der Waals surface area contributed by atoms with Crippen LogP contribution in [0.1, 0.15) is 12.5 Å². The van der Waals surface area contributed by atoms with Crippen molar-refractivity contribution in [2.45, 2.75) is 12.6 Å². The molecular formula is C13H12FNOS. The van der Waals surface area contributed by atoms with Gasteiger partial charge in [0.2, 0.25) is 0 Å². The lowest BCUT2D eigenvalue weighted by Gasteiger charge is -2.18. The second kappa shape index (κ2) is 4.67. The summed E-state index contributed by atoms with van der Waals surface area (Å²) in [5, 5.41) is 15.2. The average Bonchev–Trinajstić information content (AvgIpc) is 2.82. The summed E-state index contributed by atoms with van der Waals surface area (Å²) < 4.78 is 14.4. The lowest BCUT2D eigenvalue weighted by molar-refractivity contribution is 0.272. The van der Waals surface area contributed by atoms with Gasteiger partial charge in [0.05, 0.1) is 6.21 Å². The molecule has 4 heteroatoms. The zero-order chi connectivity index (χ0) is 12.3. The van der Waals surface area contributed by atoms with Gasteiger partial charge in [-0.3, -0.25) is 0 Å². The van der Waals surface area contributed by atoms with E-state index in [9.17, 15) is 4.39 Å². The van der Waals surface area contributed by atoms with Crippen LogP contribution in [0.2, 0.25) is 0 Å². The Bertz CT molecular complexity index is 520. The number of nitrogens with zero attached hydrogens (tertiary/aromatic N) is 1. The van der Waals surface area contributed by atoms with Crippen LogP contribution >= 0.6 is 11.3 Å². The van der Waals surface area contributed by atoms with Gasteiger partial charge in [0.15, 0.2) is 5.67 Å². The maximum Gasteiger partial charge on any atom is 0.172 e. The molecule has 1 aromatic heterocycles. The molecular weight excluding hydrogens is 237 g/mol. The highest BCUT2D eigenvalue weighted by molar-refractivity contribution is 7.08. The molecule has 0 aliphatic rings. The molecule has 1 aromatic carbocycles. The largest absolute Gasteiger partial charge is 0.411 e. The summed E-state index contributed by atoms with van der Waals surface area (Å²) in [5.41, 5.74) is 0.503. The van der Waals surface area contributed by atoms with E-state index in [1.807, 2.05) is 29.0 Å². The summed E-state index contributed by atoms with van der Waals surface area (Å²) in [4.78, 5) is 0. The standard InChI is InChI=1S/C13H12FNOS/c1-13(14,9-15-16)12-5-3-2-4-11(12)10-6-7-17-8-10/h2-9,16H,1H3. The first kappa shape index (κ1) is 11.8. The number of alkyl halides is 1. The minimum atomic E-state index is -1.78. The SMILES string of the molecule is CC(F)(C=NO)c1ccccc1-c1ccsc1. The molecule has 0 bridgehead atoms. The summed E-state index contributed by atoms with van der Waals surface area (Å²) in [6, 6.07) is 9.14. The number of thiophene rings is 1. The van der Waals surface area contributed by atoms with E-state index >= 15 is 0 Å². The lowest BCUT2D eigenvalue weighted by Crippen LogP contribution is -2.18. The molecule has 88 valence electrons. The molecule has 2 aromatic rings. The molecule has 1 heterocycles. The first-order valence-electron chi connectivity index (χ1n) is 5.15. The second-order valence-corrected chi connectivity index (χ2v) is 4.66. The summed E-state index contributed by atoms with van der Waals surface area (Å²) >= 11 is 1.56. The molecule has 1 N–H and O–H groups in total. The number of benzene rings is 1. The van der Waals surface area contributed by atoms with Gasteiger partial charge in [-0.1, -0.05) is 29.4 Å². The molecule has 1 atom stereocenters. The van der Waals surface area contributed by atoms with Crippen molar-refractivity contribution < 1.29 is 9.60 Å². The first-order chi connectivity index (χ1) is 8.15. The van der Waals surface area contributed by atoms with Crippen LogP contribution in [-0.2, 0) is 5.67 Å². The van der Waals surface area contributed by atoms with Crippen LogP contribution in [0.15, 0.2) is 46.2 Å². The fraction of sp³-hybridized carbons (Fsp3) is 0.154. The number of halogens is 1. The van der Waals surface area contributed by atoms with E-state index in [4.69, 9.17) is 5.21 Å². The van der Waals surface area contributed by atoms with Crippen LogP contribution in [0.3, 0.4) is 0 Å². The molecule has 0 fully saturated rings. The Morgan fingerprint density at radius 1 is 1.35 bits per heavy atom. The van der Waals surface area contributed by atoms with E-state index < -0.39 is 5.67 Å². The maximum absolute atomic E-state index is 14.4. The Morgan fingerprint density at radius 3 is 2.76 bits per heavy atom. The molecule has 2 nitrogen and oxygen atoms in total. The fourth-order valence-electron chi connectivity index (χ4n) is 1.76. The number of hydrogen-bond donors (Lipinski definition) is 1. The molecule has 0 spiro atoms. The molecule has 0 aliphatic carbocycles. The highest BCUT2D eigenvalue weighted by atomic mass is 32.1. The predicted molar refractivity (Wildman–Crippen MR) is 68.5 cm³/mol. The monoisotopic (exact) mass is 249 g/mol. The predicted octanol–water partition coefficient (Wildman–Crippen LogP) is 4.06. The van der Waals surface area contributed by atoms with E-state index in [1.54, 1.807) is 23.5 Å². The zero-order valence-corrected chi connectivity index (χ0v) is 10.1. The first-order valence-corrected chi connectivity index (χ1v) is 6.09. The Labute approximate surface area is 103 Å². The Hall–Kier alpha value is -1.68. The van der Waals surface area contributed by atoms with Crippen LogP contribution in [0.5, 0.6) is 0 Å². The van der Waals surface area contributed by atoms with Crippen molar-refractivity contribution in [3.8, 4) is 11.1 Å². The van der Waals surface area contributed by atoms with Gasteiger partial charge >= 0.3 is 0 Å². The summed E-state index contributed by atoms with van der Waals surface area (Å²) in [7, 11) is 0. The van der Waals surface area contributed by atoms with Gasteiger partial charge in [0.25, 0.3) is 0 Å². The summed E-state index contributed by atoms with van der Waals surface area (Å²) in [6.45, 7) is 1.37. The zero-order valence-electron chi connectivity index (χ0n) is 9.30. The van der Waals surface area contributed by atoms with Gasteiger partial charge in [0, 0.05) is 5.56 Å². The lowest BCUT2D eigenvalue weighted by atomic mass is 9.91. The van der Waals surface area contributed by atoms with Crippen LogP contribution in [0.4, 0.5) is 4.39 Å². The van der Waals surface area contributed by atoms with Crippen molar-refractivity contribution in [2.75, 3.05) is 0 Å². The van der Waals surface area contributed by atoms with Crippen molar-refractivity contribution in [1.82, 2.24) is 0 Å². The molecule has 2 rings (SSSR count). The summed E-state index contributed by atoms with van der Waals surface area (Å²) in [5.74, 6) is 0. The summed E-state index contributed by atoms with van der Waals surface area (Å²) in [6.07, 6.45) is 0.901. The number of rotatable bonds is 3. The number of hydrogen-bond acceptors (Lipinski definition) is 3. The molecule has 0 radical (unpaired) electrons.